The van der Waals surface area contributed by atoms with Gasteiger partial charge in [0.1, 0.15) is 0 Å². The Morgan fingerprint density at radius 1 is 1.44 bits per heavy atom. The summed E-state index contributed by atoms with van der Waals surface area (Å²) in [5.74, 6) is 0. The van der Waals surface area contributed by atoms with Gasteiger partial charge in [-0.2, -0.15) is 0 Å². The zero-order chi connectivity index (χ0) is 7.15. The van der Waals surface area contributed by atoms with Crippen LogP contribution in [-0.2, 0) is 33.7 Å². The molecule has 63 valence electrons. The molecule has 0 aromatic carbocycles. The molecular formula is CHAgF3O3S-2. The molecule has 0 amide bonds. The van der Waals surface area contributed by atoms with Crippen molar-refractivity contribution in [3.63, 3.8) is 0 Å². The van der Waals surface area contributed by atoms with Gasteiger partial charge in [-0.1, -0.05) is 0 Å². The van der Waals surface area contributed by atoms with Crippen molar-refractivity contribution in [3.8, 4) is 0 Å². The molecular weight excluding hydrogens is 257 g/mol. The predicted octanol–water partition coefficient (Wildman–Crippen LogP) is 0.678. The average Bonchev–Trinajstić information content (AvgIpc) is 1.25. The summed E-state index contributed by atoms with van der Waals surface area (Å²) in [5, 5.41) is 0. The molecule has 0 saturated heterocycles. The molecule has 0 fully saturated rings. The maximum atomic E-state index is 9.58. The molecule has 0 spiro atoms. The van der Waals surface area contributed by atoms with E-state index in [9.17, 15) is 13.2 Å². The van der Waals surface area contributed by atoms with Crippen LogP contribution in [0.4, 0.5) is 13.2 Å². The van der Waals surface area contributed by atoms with Crippen LogP contribution in [0.15, 0.2) is 0 Å². The summed E-state index contributed by atoms with van der Waals surface area (Å²) in [7, 11) is 0. The largest absolute Gasteiger partial charge is 0.750 e. The van der Waals surface area contributed by atoms with E-state index >= 15 is 0 Å². The van der Waals surface area contributed by atoms with E-state index in [-0.39, 0.29) is 22.4 Å². The molecule has 0 bridgehead atoms. The van der Waals surface area contributed by atoms with E-state index in [4.69, 9.17) is 13.3 Å². The maximum absolute atomic E-state index is 9.58. The van der Waals surface area contributed by atoms with Crippen LogP contribution in [0.25, 0.3) is 0 Å². The standard InChI is InChI=1S/CF3.Ag.H2O3S/c2-1(3)4;;1-4(2)3/h;;(H2,1,2,3)/q-1;;/p-1. The quantitative estimate of drug-likeness (QED) is 0.394. The molecule has 0 aromatic heterocycles. The fraction of sp³-hybridized carbons (Fsp3) is 0. The third-order valence-electron chi connectivity index (χ3n) is 0. The van der Waals surface area contributed by atoms with E-state index in [2.05, 4.69) is 0 Å². The number of rotatable bonds is 0. The van der Waals surface area contributed by atoms with Crippen LogP contribution >= 0.6 is 0 Å². The molecule has 1 unspecified atom stereocenters. The Balaban J connectivity index is -0.0000000720. The third kappa shape index (κ3) is 1040. The summed E-state index contributed by atoms with van der Waals surface area (Å²) in [6.45, 7) is -3.08. The molecule has 9 heavy (non-hydrogen) atoms. The Morgan fingerprint density at radius 2 is 1.44 bits per heavy atom. The minimum Gasteiger partial charge on any atom is -0.750 e. The van der Waals surface area contributed by atoms with Gasteiger partial charge in [-0.3, -0.25) is 0 Å². The first kappa shape index (κ1) is 16.3. The van der Waals surface area contributed by atoms with Crippen LogP contribution in [-0.4, -0.2) is 13.3 Å². The zero-order valence-corrected chi connectivity index (χ0v) is 5.91. The third-order valence-corrected chi connectivity index (χ3v) is 0. The van der Waals surface area contributed by atoms with Crippen molar-refractivity contribution in [3.05, 3.63) is 6.68 Å². The van der Waals surface area contributed by atoms with Crippen molar-refractivity contribution in [2.45, 2.75) is 0 Å². The Morgan fingerprint density at radius 3 is 1.44 bits per heavy atom. The number of halogens is 3. The first-order chi connectivity index (χ1) is 3.46. The van der Waals surface area contributed by atoms with Crippen molar-refractivity contribution < 1.29 is 48.9 Å². The van der Waals surface area contributed by atoms with Gasteiger partial charge in [-0.15, -0.1) is 0 Å². The second-order valence-electron chi connectivity index (χ2n) is 0.431. The minimum atomic E-state index is -3.08. The van der Waals surface area contributed by atoms with E-state index in [1.54, 1.807) is 0 Å². The molecule has 1 atom stereocenters. The molecule has 0 heterocycles. The fourth-order valence-electron chi connectivity index (χ4n) is 0. The molecule has 0 aliphatic carbocycles. The van der Waals surface area contributed by atoms with Crippen molar-refractivity contribution in [1.82, 2.24) is 0 Å². The van der Waals surface area contributed by atoms with Gasteiger partial charge in [0.2, 0.25) is 0 Å². The van der Waals surface area contributed by atoms with Gasteiger partial charge >= 0.3 is 0 Å². The van der Waals surface area contributed by atoms with Crippen molar-refractivity contribution in [2.75, 3.05) is 0 Å². The smallest absolute Gasteiger partial charge is 0.154 e. The van der Waals surface area contributed by atoms with Crippen molar-refractivity contribution >= 4 is 11.4 Å². The van der Waals surface area contributed by atoms with E-state index in [0.29, 0.717) is 0 Å². The van der Waals surface area contributed by atoms with Crippen LogP contribution in [0.5, 0.6) is 0 Å². The van der Waals surface area contributed by atoms with E-state index in [0.717, 1.165) is 0 Å². The second-order valence-corrected chi connectivity index (χ2v) is 0.866. The van der Waals surface area contributed by atoms with E-state index < -0.39 is 18.0 Å². The van der Waals surface area contributed by atoms with Gasteiger partial charge in [-0.25, -0.2) is 4.21 Å². The Hall–Kier alpha value is 0.600. The van der Waals surface area contributed by atoms with Gasteiger partial charge in [0.25, 0.3) is 0 Å². The minimum absolute atomic E-state index is 0. The summed E-state index contributed by atoms with van der Waals surface area (Å²) in [5.41, 5.74) is 0. The van der Waals surface area contributed by atoms with Gasteiger partial charge in [0, 0.05) is 22.4 Å². The summed E-state index contributed by atoms with van der Waals surface area (Å²) >= 11 is -2.86. The molecule has 0 rings (SSSR count). The Labute approximate surface area is 67.3 Å². The number of hydrogen-bond donors (Lipinski definition) is 1. The first-order valence-corrected chi connectivity index (χ1v) is 2.11. The van der Waals surface area contributed by atoms with Crippen molar-refractivity contribution in [1.29, 1.82) is 0 Å². The molecule has 8 heteroatoms. The van der Waals surface area contributed by atoms with Crippen LogP contribution < -0.4 is 0 Å². The van der Waals surface area contributed by atoms with Gasteiger partial charge < -0.3 is 22.3 Å². The maximum Gasteiger partial charge on any atom is 0.154 e. The summed E-state index contributed by atoms with van der Waals surface area (Å²) in [6, 6.07) is 0. The topological polar surface area (TPSA) is 60.4 Å². The molecule has 3 nitrogen and oxygen atoms in total. The molecule has 0 saturated carbocycles. The Kier molecular flexibility index (Phi) is 20.7. The van der Waals surface area contributed by atoms with Crippen molar-refractivity contribution in [2.24, 2.45) is 0 Å². The fourth-order valence-corrected chi connectivity index (χ4v) is 0. The van der Waals surface area contributed by atoms with Gasteiger partial charge in [-0.05, 0) is 0 Å². The van der Waals surface area contributed by atoms with Gasteiger partial charge in [0.05, 0.1) is 11.4 Å². The summed E-state index contributed by atoms with van der Waals surface area (Å²) in [4.78, 5) is 0. The Bertz CT molecular complexity index is 63.3. The molecule has 0 aromatic rings. The number of hydrogen-bond acceptors (Lipinski definition) is 2. The second kappa shape index (κ2) is 11.4. The average molecular weight is 258 g/mol. The van der Waals surface area contributed by atoms with Crippen LogP contribution in [0.3, 0.4) is 0 Å². The van der Waals surface area contributed by atoms with Crippen LogP contribution in [0.2, 0.25) is 0 Å². The zero-order valence-electron chi connectivity index (χ0n) is 3.61. The monoisotopic (exact) mass is 257 g/mol. The molecule has 1 N–H and O–H groups in total. The van der Waals surface area contributed by atoms with Crippen LogP contribution in [0, 0.1) is 6.68 Å². The van der Waals surface area contributed by atoms with E-state index in [1.807, 2.05) is 0 Å². The molecule has 1 radical (unpaired) electrons. The van der Waals surface area contributed by atoms with Gasteiger partial charge in [0.15, 0.2) is 6.68 Å². The van der Waals surface area contributed by atoms with E-state index in [1.165, 1.54) is 0 Å². The molecule has 0 aliphatic heterocycles. The summed E-state index contributed by atoms with van der Waals surface area (Å²) < 4.78 is 52.8. The first-order valence-electron chi connectivity index (χ1n) is 1.08. The normalized spacial score (nSPS) is 10.9. The molecule has 0 aliphatic rings. The van der Waals surface area contributed by atoms with Crippen LogP contribution in [0.1, 0.15) is 0 Å². The predicted molar refractivity (Wildman–Crippen MR) is 18.1 cm³/mol. The summed E-state index contributed by atoms with van der Waals surface area (Å²) in [6.07, 6.45) is 0. The SMILES string of the molecule is F[C-](F)F.O=S([O-])O.[Ag].